The van der Waals surface area contributed by atoms with Gasteiger partial charge in [0.1, 0.15) is 0 Å². The van der Waals surface area contributed by atoms with E-state index in [0.29, 0.717) is 24.7 Å². The molecule has 2 N–H and O–H groups in total. The number of anilines is 1. The normalized spacial score (nSPS) is 19.0. The molecule has 1 heterocycles. The van der Waals surface area contributed by atoms with E-state index in [9.17, 15) is 9.59 Å². The first-order valence-electron chi connectivity index (χ1n) is 6.67. The number of amides is 2. The van der Waals surface area contributed by atoms with Crippen LogP contribution in [0.2, 0.25) is 5.02 Å². The molecule has 2 amide bonds. The van der Waals surface area contributed by atoms with E-state index in [-0.39, 0.29) is 23.4 Å². The van der Waals surface area contributed by atoms with Crippen LogP contribution in [0.15, 0.2) is 18.2 Å². The van der Waals surface area contributed by atoms with E-state index in [1.165, 1.54) is 18.2 Å². The van der Waals surface area contributed by atoms with Gasteiger partial charge < -0.3 is 20.1 Å². The Morgan fingerprint density at radius 1 is 1.48 bits per heavy atom. The molecule has 1 atom stereocenters. The highest BCUT2D eigenvalue weighted by Gasteiger charge is 2.21. The van der Waals surface area contributed by atoms with Gasteiger partial charge >= 0.3 is 12.0 Å². The number of carbonyl (C=O) groups excluding carboxylic acids is 1. The van der Waals surface area contributed by atoms with Crippen LogP contribution in [0.1, 0.15) is 23.7 Å². The van der Waals surface area contributed by atoms with Crippen molar-refractivity contribution in [3.63, 3.8) is 0 Å². The molecule has 114 valence electrons. The van der Waals surface area contributed by atoms with Gasteiger partial charge in [-0.05, 0) is 31.5 Å². The smallest absolute Gasteiger partial charge is 0.337 e. The van der Waals surface area contributed by atoms with Gasteiger partial charge in [-0.3, -0.25) is 0 Å². The summed E-state index contributed by atoms with van der Waals surface area (Å²) in [5.41, 5.74) is 0.199. The Kier molecular flexibility index (Phi) is 5.03. The number of carboxylic acid groups (broad SMARTS) is 1. The van der Waals surface area contributed by atoms with Gasteiger partial charge in [0.15, 0.2) is 0 Å². The zero-order valence-electron chi connectivity index (χ0n) is 11.6. The predicted molar refractivity (Wildman–Crippen MR) is 79.0 cm³/mol. The summed E-state index contributed by atoms with van der Waals surface area (Å²) in [6.45, 7) is 3.55. The van der Waals surface area contributed by atoms with Crippen LogP contribution in [0.4, 0.5) is 10.5 Å². The van der Waals surface area contributed by atoms with Crippen molar-refractivity contribution in [2.75, 3.05) is 25.0 Å². The number of aromatic carboxylic acids is 1. The Morgan fingerprint density at radius 2 is 2.24 bits per heavy atom. The third-order valence-electron chi connectivity index (χ3n) is 3.19. The van der Waals surface area contributed by atoms with Crippen molar-refractivity contribution in [1.29, 1.82) is 0 Å². The number of rotatable bonds is 2. The van der Waals surface area contributed by atoms with E-state index in [1.54, 1.807) is 4.90 Å². The molecule has 0 aromatic heterocycles. The van der Waals surface area contributed by atoms with Crippen molar-refractivity contribution in [3.8, 4) is 0 Å². The van der Waals surface area contributed by atoms with Crippen molar-refractivity contribution < 1.29 is 19.4 Å². The van der Waals surface area contributed by atoms with Gasteiger partial charge in [-0.25, -0.2) is 9.59 Å². The number of hydrogen-bond donors (Lipinski definition) is 2. The fourth-order valence-corrected chi connectivity index (χ4v) is 2.35. The fraction of sp³-hybridized carbons (Fsp3) is 0.429. The van der Waals surface area contributed by atoms with Gasteiger partial charge in [-0.15, -0.1) is 0 Å². The van der Waals surface area contributed by atoms with Crippen molar-refractivity contribution in [3.05, 3.63) is 28.8 Å². The summed E-state index contributed by atoms with van der Waals surface area (Å²) in [6.07, 6.45) is 0.704. The summed E-state index contributed by atoms with van der Waals surface area (Å²) in [5, 5.41) is 12.1. The molecule has 1 unspecified atom stereocenters. The molecule has 2 rings (SSSR count). The molecular formula is C14H17ClN2O4. The number of carboxylic acids is 1. The molecule has 7 heteroatoms. The Labute approximate surface area is 127 Å². The quantitative estimate of drug-likeness (QED) is 0.880. The molecule has 1 aromatic carbocycles. The molecule has 0 bridgehead atoms. The van der Waals surface area contributed by atoms with Gasteiger partial charge in [0.2, 0.25) is 0 Å². The lowest BCUT2D eigenvalue weighted by Gasteiger charge is -2.23. The Bertz CT molecular complexity index is 550. The van der Waals surface area contributed by atoms with E-state index in [2.05, 4.69) is 5.32 Å². The van der Waals surface area contributed by atoms with E-state index in [4.69, 9.17) is 21.4 Å². The Morgan fingerprint density at radius 3 is 2.95 bits per heavy atom. The SMILES string of the molecule is CC1CN(C(=O)Nc2cc(Cl)ccc2C(=O)O)CCCO1. The first-order chi connectivity index (χ1) is 9.97. The first kappa shape index (κ1) is 15.6. The third-order valence-corrected chi connectivity index (χ3v) is 3.43. The minimum atomic E-state index is -1.12. The first-order valence-corrected chi connectivity index (χ1v) is 7.05. The van der Waals surface area contributed by atoms with Crippen LogP contribution in [0, 0.1) is 0 Å². The maximum absolute atomic E-state index is 12.3. The number of nitrogens with zero attached hydrogens (tertiary/aromatic N) is 1. The molecule has 6 nitrogen and oxygen atoms in total. The number of ether oxygens (including phenoxy) is 1. The largest absolute Gasteiger partial charge is 0.478 e. The summed E-state index contributed by atoms with van der Waals surface area (Å²) in [4.78, 5) is 25.1. The minimum Gasteiger partial charge on any atom is -0.478 e. The number of nitrogens with one attached hydrogen (secondary N) is 1. The number of urea groups is 1. The summed E-state index contributed by atoms with van der Waals surface area (Å²) in [7, 11) is 0. The standard InChI is InChI=1S/C14H17ClN2O4/c1-9-8-17(5-2-6-21-9)14(20)16-12-7-10(15)3-4-11(12)13(18)19/h3-4,7,9H,2,5-6,8H2,1H3,(H,16,20)(H,18,19). The van der Waals surface area contributed by atoms with E-state index < -0.39 is 5.97 Å². The van der Waals surface area contributed by atoms with Gasteiger partial charge in [-0.1, -0.05) is 11.6 Å². The number of hydrogen-bond acceptors (Lipinski definition) is 3. The van der Waals surface area contributed by atoms with Crippen molar-refractivity contribution >= 4 is 29.3 Å². The molecule has 1 aliphatic heterocycles. The number of halogens is 1. The van der Waals surface area contributed by atoms with Gasteiger partial charge in [0.05, 0.1) is 17.4 Å². The van der Waals surface area contributed by atoms with Gasteiger partial charge in [0.25, 0.3) is 0 Å². The minimum absolute atomic E-state index is 0.00636. The highest BCUT2D eigenvalue weighted by atomic mass is 35.5. The lowest BCUT2D eigenvalue weighted by Crippen LogP contribution is -2.39. The molecule has 0 aliphatic carbocycles. The van der Waals surface area contributed by atoms with Crippen molar-refractivity contribution in [2.45, 2.75) is 19.4 Å². The van der Waals surface area contributed by atoms with Crippen LogP contribution in [0.5, 0.6) is 0 Å². The summed E-state index contributed by atoms with van der Waals surface area (Å²) < 4.78 is 5.48. The maximum Gasteiger partial charge on any atom is 0.337 e. The van der Waals surface area contributed by atoms with Crippen LogP contribution < -0.4 is 5.32 Å². The van der Waals surface area contributed by atoms with Gasteiger partial charge in [-0.2, -0.15) is 0 Å². The second kappa shape index (κ2) is 6.78. The Balaban J connectivity index is 2.15. The van der Waals surface area contributed by atoms with E-state index in [1.807, 2.05) is 6.92 Å². The molecule has 1 saturated heterocycles. The molecule has 1 aromatic rings. The average Bonchev–Trinajstić information content (AvgIpc) is 2.63. The highest BCUT2D eigenvalue weighted by Crippen LogP contribution is 2.22. The van der Waals surface area contributed by atoms with Crippen molar-refractivity contribution in [1.82, 2.24) is 4.90 Å². The molecule has 21 heavy (non-hydrogen) atoms. The molecule has 0 saturated carbocycles. The maximum atomic E-state index is 12.3. The average molecular weight is 313 g/mol. The monoisotopic (exact) mass is 312 g/mol. The zero-order chi connectivity index (χ0) is 15.4. The molecule has 1 fully saturated rings. The summed E-state index contributed by atoms with van der Waals surface area (Å²) in [6, 6.07) is 3.93. The van der Waals surface area contributed by atoms with Crippen LogP contribution in [-0.2, 0) is 4.74 Å². The molecule has 0 spiro atoms. The fourth-order valence-electron chi connectivity index (χ4n) is 2.18. The molecular weight excluding hydrogens is 296 g/mol. The van der Waals surface area contributed by atoms with Crippen LogP contribution >= 0.6 is 11.6 Å². The lowest BCUT2D eigenvalue weighted by atomic mass is 10.2. The second-order valence-electron chi connectivity index (χ2n) is 4.91. The second-order valence-corrected chi connectivity index (χ2v) is 5.34. The number of carbonyl (C=O) groups is 2. The third kappa shape index (κ3) is 4.09. The molecule has 1 aliphatic rings. The van der Waals surface area contributed by atoms with Crippen LogP contribution in [-0.4, -0.2) is 47.8 Å². The summed E-state index contributed by atoms with van der Waals surface area (Å²) >= 11 is 5.86. The molecule has 0 radical (unpaired) electrons. The van der Waals surface area contributed by atoms with E-state index in [0.717, 1.165) is 6.42 Å². The number of benzene rings is 1. The summed E-state index contributed by atoms with van der Waals surface area (Å²) in [5.74, 6) is -1.12. The Hall–Kier alpha value is -1.79. The topological polar surface area (TPSA) is 78.9 Å². The highest BCUT2D eigenvalue weighted by molar-refractivity contribution is 6.31. The predicted octanol–water partition coefficient (Wildman–Crippen LogP) is 2.68. The van der Waals surface area contributed by atoms with Gasteiger partial charge in [0, 0.05) is 24.7 Å². The lowest BCUT2D eigenvalue weighted by molar-refractivity contribution is 0.0696. The zero-order valence-corrected chi connectivity index (χ0v) is 12.4. The van der Waals surface area contributed by atoms with Crippen LogP contribution in [0.3, 0.4) is 0 Å². The van der Waals surface area contributed by atoms with Crippen molar-refractivity contribution in [2.24, 2.45) is 0 Å². The van der Waals surface area contributed by atoms with E-state index >= 15 is 0 Å². The van der Waals surface area contributed by atoms with Crippen LogP contribution in [0.25, 0.3) is 0 Å².